The third-order valence-electron chi connectivity index (χ3n) is 1.95. The third kappa shape index (κ3) is 2.80. The number of anilines is 1. The van der Waals surface area contributed by atoms with Gasteiger partial charge in [-0.2, -0.15) is 0 Å². The monoisotopic (exact) mass is 207 g/mol. The molecule has 0 fully saturated rings. The van der Waals surface area contributed by atoms with Gasteiger partial charge in [0.2, 0.25) is 6.41 Å². The lowest BCUT2D eigenvalue weighted by Gasteiger charge is -2.06. The van der Waals surface area contributed by atoms with E-state index in [0.717, 1.165) is 5.56 Å². The molecule has 1 aromatic carbocycles. The average Bonchev–Trinajstić information content (AvgIpc) is 2.21. The Morgan fingerprint density at radius 2 is 2.27 bits per heavy atom. The number of carbonyl (C=O) groups is 2. The van der Waals surface area contributed by atoms with Gasteiger partial charge in [0, 0.05) is 5.69 Å². The van der Waals surface area contributed by atoms with Gasteiger partial charge >= 0.3 is 5.97 Å². The van der Waals surface area contributed by atoms with Crippen LogP contribution >= 0.6 is 0 Å². The summed E-state index contributed by atoms with van der Waals surface area (Å²) in [6.07, 6.45) is 0.604. The van der Waals surface area contributed by atoms with Gasteiger partial charge in [0.05, 0.1) is 12.2 Å². The van der Waals surface area contributed by atoms with E-state index in [1.807, 2.05) is 6.92 Å². The minimum absolute atomic E-state index is 0.349. The van der Waals surface area contributed by atoms with Crippen molar-refractivity contribution in [3.63, 3.8) is 0 Å². The fourth-order valence-corrected chi connectivity index (χ4v) is 1.23. The van der Waals surface area contributed by atoms with Crippen molar-refractivity contribution in [1.29, 1.82) is 0 Å². The topological polar surface area (TPSA) is 55.4 Å². The summed E-state index contributed by atoms with van der Waals surface area (Å²) in [6.45, 7) is 3.92. The van der Waals surface area contributed by atoms with Crippen molar-refractivity contribution in [3.05, 3.63) is 29.3 Å². The molecule has 0 unspecified atom stereocenters. The van der Waals surface area contributed by atoms with Crippen LogP contribution in [0.25, 0.3) is 0 Å². The molecule has 0 atom stereocenters. The van der Waals surface area contributed by atoms with Crippen LogP contribution in [0.1, 0.15) is 22.8 Å². The van der Waals surface area contributed by atoms with E-state index in [9.17, 15) is 9.59 Å². The summed E-state index contributed by atoms with van der Waals surface area (Å²) in [4.78, 5) is 21.6. The molecular weight excluding hydrogens is 194 g/mol. The molecule has 0 radical (unpaired) electrons. The van der Waals surface area contributed by atoms with E-state index < -0.39 is 0 Å². The Balaban J connectivity index is 2.90. The minimum Gasteiger partial charge on any atom is -0.462 e. The number of hydrogen-bond acceptors (Lipinski definition) is 3. The van der Waals surface area contributed by atoms with Gasteiger partial charge in [-0.15, -0.1) is 0 Å². The predicted octanol–water partition coefficient (Wildman–Crippen LogP) is 1.74. The van der Waals surface area contributed by atoms with Crippen LogP contribution < -0.4 is 5.32 Å². The highest BCUT2D eigenvalue weighted by atomic mass is 16.5. The smallest absolute Gasteiger partial charge is 0.338 e. The lowest BCUT2D eigenvalue weighted by molar-refractivity contribution is -0.105. The Kier molecular flexibility index (Phi) is 3.85. The number of aryl methyl sites for hydroxylation is 1. The average molecular weight is 207 g/mol. The molecule has 15 heavy (non-hydrogen) atoms. The summed E-state index contributed by atoms with van der Waals surface area (Å²) in [7, 11) is 0. The zero-order valence-corrected chi connectivity index (χ0v) is 8.74. The molecule has 0 heterocycles. The highest BCUT2D eigenvalue weighted by Crippen LogP contribution is 2.16. The second kappa shape index (κ2) is 5.14. The summed E-state index contributed by atoms with van der Waals surface area (Å²) in [5.74, 6) is -0.349. The standard InChI is InChI=1S/C11H13NO3/c1-3-15-11(14)9-4-5-10(12-7-13)8(2)6-9/h4-7H,3H2,1-2H3,(H,12,13). The second-order valence-electron chi connectivity index (χ2n) is 3.01. The molecule has 0 spiro atoms. The molecule has 0 aliphatic carbocycles. The summed E-state index contributed by atoms with van der Waals surface area (Å²) in [6, 6.07) is 4.98. The van der Waals surface area contributed by atoms with E-state index in [1.165, 1.54) is 0 Å². The van der Waals surface area contributed by atoms with E-state index in [0.29, 0.717) is 24.3 Å². The number of carbonyl (C=O) groups excluding carboxylic acids is 2. The molecule has 1 amide bonds. The van der Waals surface area contributed by atoms with Gasteiger partial charge in [0.15, 0.2) is 0 Å². The van der Waals surface area contributed by atoms with E-state index in [-0.39, 0.29) is 5.97 Å². The van der Waals surface area contributed by atoms with Crippen molar-refractivity contribution in [1.82, 2.24) is 0 Å². The highest BCUT2D eigenvalue weighted by molar-refractivity contribution is 5.90. The number of nitrogens with one attached hydrogen (secondary N) is 1. The van der Waals surface area contributed by atoms with E-state index in [4.69, 9.17) is 4.74 Å². The number of hydrogen-bond donors (Lipinski definition) is 1. The molecule has 4 nitrogen and oxygen atoms in total. The fourth-order valence-electron chi connectivity index (χ4n) is 1.23. The van der Waals surface area contributed by atoms with Gasteiger partial charge in [-0.3, -0.25) is 4.79 Å². The largest absolute Gasteiger partial charge is 0.462 e. The number of esters is 1. The van der Waals surface area contributed by atoms with Gasteiger partial charge in [-0.1, -0.05) is 0 Å². The lowest BCUT2D eigenvalue weighted by Crippen LogP contribution is -2.05. The maximum atomic E-state index is 11.4. The van der Waals surface area contributed by atoms with E-state index in [2.05, 4.69) is 5.32 Å². The second-order valence-corrected chi connectivity index (χ2v) is 3.01. The molecule has 4 heteroatoms. The minimum atomic E-state index is -0.349. The van der Waals surface area contributed by atoms with E-state index in [1.54, 1.807) is 25.1 Å². The van der Waals surface area contributed by atoms with Crippen LogP contribution in [0.3, 0.4) is 0 Å². The first kappa shape index (κ1) is 11.2. The van der Waals surface area contributed by atoms with Crippen LogP contribution in [0.15, 0.2) is 18.2 Å². The predicted molar refractivity (Wildman–Crippen MR) is 56.8 cm³/mol. The van der Waals surface area contributed by atoms with Crippen LogP contribution in [0, 0.1) is 6.92 Å². The number of ether oxygens (including phenoxy) is 1. The molecule has 0 aliphatic rings. The molecule has 0 saturated heterocycles. The van der Waals surface area contributed by atoms with Crippen molar-refractivity contribution in [3.8, 4) is 0 Å². The first-order chi connectivity index (χ1) is 7.19. The Hall–Kier alpha value is -1.84. The van der Waals surface area contributed by atoms with Crippen molar-refractivity contribution < 1.29 is 14.3 Å². The molecular formula is C11H13NO3. The molecule has 1 aromatic rings. The SMILES string of the molecule is CCOC(=O)c1ccc(NC=O)c(C)c1. The van der Waals surface area contributed by atoms with Gasteiger partial charge in [0.1, 0.15) is 0 Å². The van der Waals surface area contributed by atoms with Crippen LogP contribution in [-0.4, -0.2) is 19.0 Å². The van der Waals surface area contributed by atoms with Crippen molar-refractivity contribution >= 4 is 18.1 Å². The summed E-state index contributed by atoms with van der Waals surface area (Å²) < 4.78 is 4.85. The molecule has 80 valence electrons. The summed E-state index contributed by atoms with van der Waals surface area (Å²) >= 11 is 0. The molecule has 0 aromatic heterocycles. The van der Waals surface area contributed by atoms with Crippen molar-refractivity contribution in [2.45, 2.75) is 13.8 Å². The first-order valence-electron chi connectivity index (χ1n) is 4.67. The van der Waals surface area contributed by atoms with Crippen LogP contribution in [0.4, 0.5) is 5.69 Å². The number of rotatable bonds is 4. The molecule has 0 aliphatic heterocycles. The highest BCUT2D eigenvalue weighted by Gasteiger charge is 2.07. The zero-order valence-electron chi connectivity index (χ0n) is 8.74. The molecule has 0 bridgehead atoms. The summed E-state index contributed by atoms with van der Waals surface area (Å²) in [5, 5.41) is 2.54. The molecule has 1 N–H and O–H groups in total. The van der Waals surface area contributed by atoms with Gasteiger partial charge in [-0.05, 0) is 37.6 Å². The Labute approximate surface area is 88.2 Å². The van der Waals surface area contributed by atoms with Gasteiger partial charge in [-0.25, -0.2) is 4.79 Å². The van der Waals surface area contributed by atoms with E-state index >= 15 is 0 Å². The normalized spacial score (nSPS) is 9.47. The maximum absolute atomic E-state index is 11.4. The number of benzene rings is 1. The Morgan fingerprint density at radius 1 is 1.53 bits per heavy atom. The van der Waals surface area contributed by atoms with Gasteiger partial charge in [0.25, 0.3) is 0 Å². The Morgan fingerprint density at radius 3 is 2.80 bits per heavy atom. The first-order valence-corrected chi connectivity index (χ1v) is 4.67. The quantitative estimate of drug-likeness (QED) is 0.604. The van der Waals surface area contributed by atoms with Crippen LogP contribution in [-0.2, 0) is 9.53 Å². The molecule has 0 saturated carbocycles. The zero-order chi connectivity index (χ0) is 11.3. The number of amides is 1. The van der Waals surface area contributed by atoms with Crippen molar-refractivity contribution in [2.75, 3.05) is 11.9 Å². The molecule has 1 rings (SSSR count). The van der Waals surface area contributed by atoms with Gasteiger partial charge < -0.3 is 10.1 Å². The van der Waals surface area contributed by atoms with Crippen LogP contribution in [0.5, 0.6) is 0 Å². The fraction of sp³-hybridized carbons (Fsp3) is 0.273. The Bertz CT molecular complexity index is 374. The summed E-state index contributed by atoms with van der Waals surface area (Å²) in [5.41, 5.74) is 2.01. The van der Waals surface area contributed by atoms with Crippen molar-refractivity contribution in [2.24, 2.45) is 0 Å². The maximum Gasteiger partial charge on any atom is 0.338 e. The van der Waals surface area contributed by atoms with Crippen LogP contribution in [0.2, 0.25) is 0 Å². The lowest BCUT2D eigenvalue weighted by atomic mass is 10.1. The third-order valence-corrected chi connectivity index (χ3v) is 1.95.